The number of fused-ring (bicyclic) bond motifs is 1. The van der Waals surface area contributed by atoms with Gasteiger partial charge in [-0.25, -0.2) is 4.98 Å². The predicted molar refractivity (Wildman–Crippen MR) is 78.6 cm³/mol. The number of anilines is 1. The van der Waals surface area contributed by atoms with Gasteiger partial charge in [-0.15, -0.1) is 0 Å². The Balaban J connectivity index is 1.75. The number of carbonyl (C=O) groups is 1. The van der Waals surface area contributed by atoms with Crippen LogP contribution in [0.1, 0.15) is 13.3 Å². The zero-order valence-corrected chi connectivity index (χ0v) is 11.6. The Labute approximate surface area is 118 Å². The number of benzene rings is 1. The maximum absolute atomic E-state index is 11.7. The third-order valence-electron chi connectivity index (χ3n) is 3.69. The molecular formula is C15H18N4O. The molecule has 0 spiro atoms. The minimum Gasteiger partial charge on any atom is -0.352 e. The van der Waals surface area contributed by atoms with E-state index in [1.165, 1.54) is 0 Å². The molecule has 0 N–H and O–H groups in total. The second-order valence-electron chi connectivity index (χ2n) is 4.94. The van der Waals surface area contributed by atoms with E-state index in [-0.39, 0.29) is 5.91 Å². The first kappa shape index (κ1) is 12.8. The largest absolute Gasteiger partial charge is 0.352 e. The number of para-hydroxylation sites is 2. The zero-order chi connectivity index (χ0) is 13.9. The molecule has 3 rings (SSSR count). The number of aromatic nitrogens is 2. The van der Waals surface area contributed by atoms with Gasteiger partial charge in [-0.3, -0.25) is 9.78 Å². The molecule has 1 aromatic heterocycles. The van der Waals surface area contributed by atoms with Gasteiger partial charge in [0, 0.05) is 32.6 Å². The van der Waals surface area contributed by atoms with E-state index in [1.54, 1.807) is 0 Å². The van der Waals surface area contributed by atoms with Crippen LogP contribution in [0.5, 0.6) is 0 Å². The van der Waals surface area contributed by atoms with Gasteiger partial charge in [0.05, 0.1) is 17.2 Å². The fraction of sp³-hybridized carbons (Fsp3) is 0.400. The fourth-order valence-corrected chi connectivity index (χ4v) is 2.51. The summed E-state index contributed by atoms with van der Waals surface area (Å²) in [5.41, 5.74) is 1.83. The van der Waals surface area contributed by atoms with E-state index in [1.807, 2.05) is 42.3 Å². The SMILES string of the molecule is CCC(=O)N1CCN(c2cnc3ccccc3n2)CC1. The van der Waals surface area contributed by atoms with Gasteiger partial charge in [-0.05, 0) is 12.1 Å². The van der Waals surface area contributed by atoms with Gasteiger partial charge in [-0.2, -0.15) is 0 Å². The van der Waals surface area contributed by atoms with Crippen molar-refractivity contribution in [3.63, 3.8) is 0 Å². The van der Waals surface area contributed by atoms with Crippen LogP contribution in [0.2, 0.25) is 0 Å². The first-order chi connectivity index (χ1) is 9.78. The number of hydrogen-bond acceptors (Lipinski definition) is 4. The van der Waals surface area contributed by atoms with E-state index in [9.17, 15) is 4.79 Å². The third-order valence-corrected chi connectivity index (χ3v) is 3.69. The molecular weight excluding hydrogens is 252 g/mol. The average Bonchev–Trinajstić information content (AvgIpc) is 2.54. The Morgan fingerprint density at radius 3 is 2.55 bits per heavy atom. The third kappa shape index (κ3) is 2.43. The topological polar surface area (TPSA) is 49.3 Å². The van der Waals surface area contributed by atoms with Gasteiger partial charge in [0.25, 0.3) is 0 Å². The van der Waals surface area contributed by atoms with Crippen molar-refractivity contribution in [2.24, 2.45) is 0 Å². The minimum absolute atomic E-state index is 0.231. The Bertz CT molecular complexity index is 620. The Hall–Kier alpha value is -2.17. The predicted octanol–water partition coefficient (Wildman–Crippen LogP) is 1.69. The van der Waals surface area contributed by atoms with Crippen molar-refractivity contribution >= 4 is 22.8 Å². The molecule has 1 amide bonds. The summed E-state index contributed by atoms with van der Waals surface area (Å²) in [5, 5.41) is 0. The first-order valence-corrected chi connectivity index (χ1v) is 7.02. The van der Waals surface area contributed by atoms with Crippen molar-refractivity contribution < 1.29 is 4.79 Å². The summed E-state index contributed by atoms with van der Waals surface area (Å²) < 4.78 is 0. The molecule has 20 heavy (non-hydrogen) atoms. The lowest BCUT2D eigenvalue weighted by molar-refractivity contribution is -0.131. The van der Waals surface area contributed by atoms with E-state index >= 15 is 0 Å². The van der Waals surface area contributed by atoms with Crippen molar-refractivity contribution in [3.05, 3.63) is 30.5 Å². The first-order valence-electron chi connectivity index (χ1n) is 7.02. The Kier molecular flexibility index (Phi) is 3.50. The molecule has 104 valence electrons. The molecule has 1 aliphatic rings. The highest BCUT2D eigenvalue weighted by molar-refractivity contribution is 5.77. The summed E-state index contributed by atoms with van der Waals surface area (Å²) in [7, 11) is 0. The van der Waals surface area contributed by atoms with Gasteiger partial charge in [-0.1, -0.05) is 19.1 Å². The van der Waals surface area contributed by atoms with E-state index < -0.39 is 0 Å². The molecule has 5 heteroatoms. The van der Waals surface area contributed by atoms with Crippen LogP contribution in [0.3, 0.4) is 0 Å². The highest BCUT2D eigenvalue weighted by Crippen LogP contribution is 2.17. The lowest BCUT2D eigenvalue weighted by Crippen LogP contribution is -2.48. The number of rotatable bonds is 2. The van der Waals surface area contributed by atoms with Crippen molar-refractivity contribution in [1.29, 1.82) is 0 Å². The van der Waals surface area contributed by atoms with Gasteiger partial charge >= 0.3 is 0 Å². The van der Waals surface area contributed by atoms with Crippen LogP contribution in [0.25, 0.3) is 11.0 Å². The molecule has 0 atom stereocenters. The molecule has 1 aliphatic heterocycles. The maximum atomic E-state index is 11.7. The number of piperazine rings is 1. The summed E-state index contributed by atoms with van der Waals surface area (Å²) in [5.74, 6) is 1.13. The summed E-state index contributed by atoms with van der Waals surface area (Å²) in [6, 6.07) is 7.87. The van der Waals surface area contributed by atoms with Crippen LogP contribution in [0.4, 0.5) is 5.82 Å². The zero-order valence-electron chi connectivity index (χ0n) is 11.6. The van der Waals surface area contributed by atoms with E-state index in [2.05, 4.69) is 14.9 Å². The van der Waals surface area contributed by atoms with Crippen molar-refractivity contribution in [1.82, 2.24) is 14.9 Å². The van der Waals surface area contributed by atoms with Crippen LogP contribution in [-0.2, 0) is 4.79 Å². The molecule has 1 saturated heterocycles. The number of hydrogen-bond donors (Lipinski definition) is 0. The molecule has 2 heterocycles. The Morgan fingerprint density at radius 1 is 1.15 bits per heavy atom. The van der Waals surface area contributed by atoms with Crippen LogP contribution in [0, 0.1) is 0 Å². The Morgan fingerprint density at radius 2 is 1.85 bits per heavy atom. The standard InChI is InChI=1S/C15H18N4O/c1-2-15(20)19-9-7-18(8-10-19)14-11-16-12-5-3-4-6-13(12)17-14/h3-6,11H,2,7-10H2,1H3. The lowest BCUT2D eigenvalue weighted by Gasteiger charge is -2.35. The monoisotopic (exact) mass is 270 g/mol. The molecule has 1 fully saturated rings. The number of amides is 1. The minimum atomic E-state index is 0.231. The summed E-state index contributed by atoms with van der Waals surface area (Å²) >= 11 is 0. The van der Waals surface area contributed by atoms with Crippen molar-refractivity contribution in [3.8, 4) is 0 Å². The highest BCUT2D eigenvalue weighted by Gasteiger charge is 2.20. The fourth-order valence-electron chi connectivity index (χ4n) is 2.51. The molecule has 0 radical (unpaired) electrons. The van der Waals surface area contributed by atoms with Crippen LogP contribution < -0.4 is 4.90 Å². The maximum Gasteiger partial charge on any atom is 0.222 e. The van der Waals surface area contributed by atoms with Crippen LogP contribution >= 0.6 is 0 Å². The van der Waals surface area contributed by atoms with Crippen molar-refractivity contribution in [2.45, 2.75) is 13.3 Å². The van der Waals surface area contributed by atoms with Crippen LogP contribution in [0.15, 0.2) is 30.5 Å². The highest BCUT2D eigenvalue weighted by atomic mass is 16.2. The summed E-state index contributed by atoms with van der Waals surface area (Å²) in [6.07, 6.45) is 2.40. The molecule has 5 nitrogen and oxygen atoms in total. The van der Waals surface area contributed by atoms with Crippen molar-refractivity contribution in [2.75, 3.05) is 31.1 Å². The molecule has 0 aliphatic carbocycles. The molecule has 0 saturated carbocycles. The molecule has 2 aromatic rings. The summed E-state index contributed by atoms with van der Waals surface area (Å²) in [4.78, 5) is 24.9. The van der Waals surface area contributed by atoms with Crippen LogP contribution in [-0.4, -0.2) is 47.0 Å². The van der Waals surface area contributed by atoms with Gasteiger partial charge in [0.1, 0.15) is 5.82 Å². The average molecular weight is 270 g/mol. The van der Waals surface area contributed by atoms with Gasteiger partial charge in [0.2, 0.25) is 5.91 Å². The normalized spacial score (nSPS) is 15.7. The lowest BCUT2D eigenvalue weighted by atomic mass is 10.2. The molecule has 0 unspecified atom stereocenters. The number of carbonyl (C=O) groups excluding carboxylic acids is 1. The number of nitrogens with zero attached hydrogens (tertiary/aromatic N) is 4. The van der Waals surface area contributed by atoms with E-state index in [0.29, 0.717) is 6.42 Å². The molecule has 0 bridgehead atoms. The summed E-state index contributed by atoms with van der Waals surface area (Å²) in [6.45, 7) is 5.07. The molecule has 1 aromatic carbocycles. The second-order valence-corrected chi connectivity index (χ2v) is 4.94. The van der Waals surface area contributed by atoms with Gasteiger partial charge in [0.15, 0.2) is 0 Å². The van der Waals surface area contributed by atoms with E-state index in [0.717, 1.165) is 43.0 Å². The van der Waals surface area contributed by atoms with Gasteiger partial charge < -0.3 is 9.80 Å². The quantitative estimate of drug-likeness (QED) is 0.833. The van der Waals surface area contributed by atoms with E-state index in [4.69, 9.17) is 0 Å². The smallest absolute Gasteiger partial charge is 0.222 e. The second kappa shape index (κ2) is 5.45.